The molecule has 1 atom stereocenters. The number of benzene rings is 1. The van der Waals surface area contributed by atoms with Crippen molar-refractivity contribution in [3.8, 4) is 0 Å². The Labute approximate surface area is 123 Å². The van der Waals surface area contributed by atoms with Crippen LogP contribution in [-0.4, -0.2) is 0 Å². The SMILES string of the molecule is NC(c1ccc(Cl)c(Cl)c1)c1cc2sccc2s1. The molecular weight excluding hydrogens is 305 g/mol. The van der Waals surface area contributed by atoms with Crippen molar-refractivity contribution >= 4 is 55.3 Å². The van der Waals surface area contributed by atoms with Crippen molar-refractivity contribution in [3.05, 3.63) is 56.2 Å². The van der Waals surface area contributed by atoms with Crippen LogP contribution in [0.3, 0.4) is 0 Å². The van der Waals surface area contributed by atoms with Gasteiger partial charge in [0.25, 0.3) is 0 Å². The molecule has 1 aromatic carbocycles. The lowest BCUT2D eigenvalue weighted by Gasteiger charge is -2.10. The standard InChI is InChI=1S/C13H9Cl2NS2/c14-8-2-1-7(5-9(8)15)13(16)12-6-11-10(18-12)3-4-17-11/h1-6,13H,16H2. The van der Waals surface area contributed by atoms with Crippen molar-refractivity contribution in [2.75, 3.05) is 0 Å². The minimum atomic E-state index is -0.149. The third-order valence-electron chi connectivity index (χ3n) is 2.77. The summed E-state index contributed by atoms with van der Waals surface area (Å²) in [6, 6.07) is 9.67. The molecule has 0 saturated carbocycles. The monoisotopic (exact) mass is 313 g/mol. The molecule has 3 rings (SSSR count). The highest BCUT2D eigenvalue weighted by atomic mass is 35.5. The molecule has 0 radical (unpaired) electrons. The molecule has 0 amide bonds. The molecule has 0 saturated heterocycles. The quantitative estimate of drug-likeness (QED) is 0.681. The van der Waals surface area contributed by atoms with Crippen LogP contribution in [0.4, 0.5) is 0 Å². The lowest BCUT2D eigenvalue weighted by molar-refractivity contribution is 0.894. The van der Waals surface area contributed by atoms with Gasteiger partial charge in [-0.2, -0.15) is 0 Å². The summed E-state index contributed by atoms with van der Waals surface area (Å²) in [5, 5.41) is 3.19. The van der Waals surface area contributed by atoms with E-state index in [1.807, 2.05) is 12.1 Å². The molecule has 3 aromatic rings. The average Bonchev–Trinajstić information content (AvgIpc) is 2.92. The van der Waals surface area contributed by atoms with Crippen LogP contribution in [-0.2, 0) is 0 Å². The first-order chi connectivity index (χ1) is 8.65. The smallest absolute Gasteiger partial charge is 0.0647 e. The Hall–Kier alpha value is -0.580. The maximum absolute atomic E-state index is 6.27. The number of nitrogens with two attached hydrogens (primary N) is 1. The fourth-order valence-corrected chi connectivity index (χ4v) is 4.26. The highest BCUT2D eigenvalue weighted by Crippen LogP contribution is 2.36. The van der Waals surface area contributed by atoms with Crippen LogP contribution in [0.2, 0.25) is 10.0 Å². The van der Waals surface area contributed by atoms with Crippen molar-refractivity contribution < 1.29 is 0 Å². The second kappa shape index (κ2) is 4.83. The van der Waals surface area contributed by atoms with Crippen LogP contribution in [0, 0.1) is 0 Å². The normalized spacial score (nSPS) is 13.1. The molecule has 0 fully saturated rings. The predicted octanol–water partition coefficient (Wildman–Crippen LogP) is 5.32. The van der Waals surface area contributed by atoms with E-state index in [9.17, 15) is 0 Å². The first-order valence-electron chi connectivity index (χ1n) is 5.32. The van der Waals surface area contributed by atoms with E-state index in [0.29, 0.717) is 10.0 Å². The van der Waals surface area contributed by atoms with Gasteiger partial charge < -0.3 is 5.73 Å². The minimum absolute atomic E-state index is 0.149. The maximum Gasteiger partial charge on any atom is 0.0647 e. The van der Waals surface area contributed by atoms with Crippen LogP contribution >= 0.6 is 45.9 Å². The molecule has 0 aliphatic heterocycles. The number of thiophene rings is 2. The van der Waals surface area contributed by atoms with E-state index in [0.717, 1.165) is 10.4 Å². The number of rotatable bonds is 2. The molecular formula is C13H9Cl2NS2. The first-order valence-corrected chi connectivity index (χ1v) is 7.78. The summed E-state index contributed by atoms with van der Waals surface area (Å²) in [4.78, 5) is 1.15. The summed E-state index contributed by atoms with van der Waals surface area (Å²) >= 11 is 15.4. The van der Waals surface area contributed by atoms with Gasteiger partial charge in [-0.25, -0.2) is 0 Å². The number of hydrogen-bond acceptors (Lipinski definition) is 3. The molecule has 0 bridgehead atoms. The number of halogens is 2. The lowest BCUT2D eigenvalue weighted by Crippen LogP contribution is -2.09. The second-order valence-electron chi connectivity index (χ2n) is 3.95. The molecule has 0 aliphatic rings. The zero-order chi connectivity index (χ0) is 12.7. The fourth-order valence-electron chi connectivity index (χ4n) is 1.81. The van der Waals surface area contributed by atoms with Crippen molar-refractivity contribution in [2.45, 2.75) is 6.04 Å². The van der Waals surface area contributed by atoms with E-state index in [2.05, 4.69) is 17.5 Å². The molecule has 2 heterocycles. The van der Waals surface area contributed by atoms with Gasteiger partial charge in [0.1, 0.15) is 0 Å². The molecule has 5 heteroatoms. The predicted molar refractivity (Wildman–Crippen MR) is 82.2 cm³/mol. The van der Waals surface area contributed by atoms with Gasteiger partial charge >= 0.3 is 0 Å². The highest BCUT2D eigenvalue weighted by Gasteiger charge is 2.14. The Morgan fingerprint density at radius 1 is 1.00 bits per heavy atom. The van der Waals surface area contributed by atoms with Crippen LogP contribution in [0.25, 0.3) is 9.40 Å². The summed E-state index contributed by atoms with van der Waals surface area (Å²) in [5.74, 6) is 0. The molecule has 18 heavy (non-hydrogen) atoms. The van der Waals surface area contributed by atoms with Gasteiger partial charge in [-0.1, -0.05) is 29.3 Å². The minimum Gasteiger partial charge on any atom is -0.320 e. The largest absolute Gasteiger partial charge is 0.320 e. The van der Waals surface area contributed by atoms with Crippen LogP contribution in [0.5, 0.6) is 0 Å². The lowest BCUT2D eigenvalue weighted by atomic mass is 10.1. The van der Waals surface area contributed by atoms with E-state index in [1.165, 1.54) is 9.40 Å². The Balaban J connectivity index is 2.00. The van der Waals surface area contributed by atoms with Gasteiger partial charge in [-0.05, 0) is 35.2 Å². The molecule has 0 spiro atoms. The molecule has 2 aromatic heterocycles. The Kier molecular flexibility index (Phi) is 3.34. The van der Waals surface area contributed by atoms with E-state index in [-0.39, 0.29) is 6.04 Å². The van der Waals surface area contributed by atoms with Gasteiger partial charge in [0.15, 0.2) is 0 Å². The molecule has 1 nitrogen and oxygen atoms in total. The van der Waals surface area contributed by atoms with Crippen LogP contribution in [0.1, 0.15) is 16.5 Å². The van der Waals surface area contributed by atoms with Gasteiger partial charge in [0.05, 0.1) is 16.1 Å². The van der Waals surface area contributed by atoms with Gasteiger partial charge in [-0.3, -0.25) is 0 Å². The van der Waals surface area contributed by atoms with E-state index >= 15 is 0 Å². The average molecular weight is 314 g/mol. The topological polar surface area (TPSA) is 26.0 Å². The van der Waals surface area contributed by atoms with E-state index in [1.54, 1.807) is 28.7 Å². The summed E-state index contributed by atoms with van der Waals surface area (Å²) in [6.45, 7) is 0. The van der Waals surface area contributed by atoms with Crippen LogP contribution in [0.15, 0.2) is 35.7 Å². The van der Waals surface area contributed by atoms with Gasteiger partial charge in [-0.15, -0.1) is 22.7 Å². The molecule has 92 valence electrons. The summed E-state index contributed by atoms with van der Waals surface area (Å²) in [6.07, 6.45) is 0. The molecule has 0 aliphatic carbocycles. The Bertz CT molecular complexity index is 673. The third kappa shape index (κ3) is 2.17. The van der Waals surface area contributed by atoms with E-state index < -0.39 is 0 Å². The van der Waals surface area contributed by atoms with Crippen molar-refractivity contribution in [1.82, 2.24) is 0 Å². The van der Waals surface area contributed by atoms with E-state index in [4.69, 9.17) is 28.9 Å². The summed E-state index contributed by atoms with van der Waals surface area (Å²) in [5.41, 5.74) is 7.26. The Morgan fingerprint density at radius 3 is 2.56 bits per heavy atom. The number of hydrogen-bond donors (Lipinski definition) is 1. The molecule has 1 unspecified atom stereocenters. The van der Waals surface area contributed by atoms with Gasteiger partial charge in [0, 0.05) is 14.3 Å². The second-order valence-corrected chi connectivity index (χ2v) is 6.83. The zero-order valence-electron chi connectivity index (χ0n) is 9.19. The zero-order valence-corrected chi connectivity index (χ0v) is 12.3. The Morgan fingerprint density at radius 2 is 1.83 bits per heavy atom. The fraction of sp³-hybridized carbons (Fsp3) is 0.0769. The van der Waals surface area contributed by atoms with Crippen molar-refractivity contribution in [2.24, 2.45) is 5.73 Å². The first kappa shape index (κ1) is 12.5. The third-order valence-corrected chi connectivity index (χ3v) is 5.68. The molecule has 2 N–H and O–H groups in total. The summed E-state index contributed by atoms with van der Waals surface area (Å²) in [7, 11) is 0. The summed E-state index contributed by atoms with van der Waals surface area (Å²) < 4.78 is 2.57. The van der Waals surface area contributed by atoms with Crippen molar-refractivity contribution in [3.63, 3.8) is 0 Å². The maximum atomic E-state index is 6.27. The van der Waals surface area contributed by atoms with Gasteiger partial charge in [0.2, 0.25) is 0 Å². The van der Waals surface area contributed by atoms with Crippen LogP contribution < -0.4 is 5.73 Å². The van der Waals surface area contributed by atoms with Crippen molar-refractivity contribution in [1.29, 1.82) is 0 Å². The highest BCUT2D eigenvalue weighted by molar-refractivity contribution is 7.27. The number of fused-ring (bicyclic) bond motifs is 1.